The van der Waals surface area contributed by atoms with Crippen molar-refractivity contribution >= 4 is 39.3 Å². The highest BCUT2D eigenvalue weighted by molar-refractivity contribution is 14.1. The number of benzene rings is 2. The molecule has 0 unspecified atom stereocenters. The second kappa shape index (κ2) is 7.57. The molecular weight excluding hydrogens is 441 g/mol. The highest BCUT2D eigenvalue weighted by atomic mass is 127. The number of likely N-dealkylation sites (tertiary alicyclic amines) is 1. The van der Waals surface area contributed by atoms with E-state index in [1.165, 1.54) is 0 Å². The van der Waals surface area contributed by atoms with Crippen molar-refractivity contribution in [2.75, 3.05) is 13.1 Å². The summed E-state index contributed by atoms with van der Waals surface area (Å²) in [7, 11) is 0. The SMILES string of the molecule is O=C(c1ccccc1I)N1CCC(Oc2nncc3ccccc23)CC1. The molecule has 6 heteroatoms. The van der Waals surface area contributed by atoms with Gasteiger partial charge in [-0.25, -0.2) is 0 Å². The number of halogens is 1. The highest BCUT2D eigenvalue weighted by Crippen LogP contribution is 2.25. The lowest BCUT2D eigenvalue weighted by atomic mass is 10.1. The summed E-state index contributed by atoms with van der Waals surface area (Å²) in [4.78, 5) is 14.6. The van der Waals surface area contributed by atoms with E-state index >= 15 is 0 Å². The molecule has 0 aliphatic carbocycles. The van der Waals surface area contributed by atoms with Crippen molar-refractivity contribution < 1.29 is 9.53 Å². The number of hydrogen-bond donors (Lipinski definition) is 0. The summed E-state index contributed by atoms with van der Waals surface area (Å²) in [6, 6.07) is 15.6. The normalized spacial score (nSPS) is 15.2. The van der Waals surface area contributed by atoms with E-state index in [-0.39, 0.29) is 12.0 Å². The van der Waals surface area contributed by atoms with E-state index in [9.17, 15) is 4.79 Å². The molecular formula is C20H18IN3O2. The average molecular weight is 459 g/mol. The monoisotopic (exact) mass is 459 g/mol. The molecule has 0 radical (unpaired) electrons. The van der Waals surface area contributed by atoms with E-state index in [1.54, 1.807) is 6.20 Å². The summed E-state index contributed by atoms with van der Waals surface area (Å²) in [5.74, 6) is 0.670. The van der Waals surface area contributed by atoms with Gasteiger partial charge >= 0.3 is 0 Å². The van der Waals surface area contributed by atoms with Gasteiger partial charge in [0.15, 0.2) is 0 Å². The molecule has 0 atom stereocenters. The molecule has 4 rings (SSSR count). The van der Waals surface area contributed by atoms with Crippen molar-refractivity contribution in [1.29, 1.82) is 0 Å². The molecule has 1 fully saturated rings. The summed E-state index contributed by atoms with van der Waals surface area (Å²) < 4.78 is 7.10. The fourth-order valence-corrected chi connectivity index (χ4v) is 3.85. The van der Waals surface area contributed by atoms with Crippen LogP contribution < -0.4 is 4.74 Å². The van der Waals surface area contributed by atoms with Crippen LogP contribution in [-0.2, 0) is 0 Å². The first-order valence-corrected chi connectivity index (χ1v) is 9.71. The van der Waals surface area contributed by atoms with Crippen LogP contribution >= 0.6 is 22.6 Å². The van der Waals surface area contributed by atoms with Gasteiger partial charge in [0.2, 0.25) is 5.88 Å². The summed E-state index contributed by atoms with van der Waals surface area (Å²) >= 11 is 2.21. The van der Waals surface area contributed by atoms with Crippen LogP contribution in [0.15, 0.2) is 54.7 Å². The lowest BCUT2D eigenvalue weighted by molar-refractivity contribution is 0.0588. The zero-order valence-corrected chi connectivity index (χ0v) is 16.3. The van der Waals surface area contributed by atoms with Gasteiger partial charge in [0.05, 0.1) is 11.8 Å². The molecule has 1 saturated heterocycles. The predicted octanol–water partition coefficient (Wildman–Crippen LogP) is 3.92. The Morgan fingerprint density at radius 3 is 2.62 bits per heavy atom. The zero-order valence-electron chi connectivity index (χ0n) is 14.1. The van der Waals surface area contributed by atoms with Gasteiger partial charge in [0.25, 0.3) is 5.91 Å². The number of carbonyl (C=O) groups is 1. The van der Waals surface area contributed by atoms with Gasteiger partial charge in [-0.05, 0) is 40.8 Å². The number of fused-ring (bicyclic) bond motifs is 1. The minimum absolute atomic E-state index is 0.0500. The molecule has 0 bridgehead atoms. The van der Waals surface area contributed by atoms with Gasteiger partial charge in [0.1, 0.15) is 6.10 Å². The Balaban J connectivity index is 1.42. The zero-order chi connectivity index (χ0) is 17.9. The molecule has 0 N–H and O–H groups in total. The number of aromatic nitrogens is 2. The number of amides is 1. The molecule has 1 aromatic heterocycles. The predicted molar refractivity (Wildman–Crippen MR) is 108 cm³/mol. The van der Waals surface area contributed by atoms with Crippen LogP contribution in [0.2, 0.25) is 0 Å². The Bertz CT molecular complexity index is 934. The number of ether oxygens (including phenoxy) is 1. The number of piperidine rings is 1. The number of hydrogen-bond acceptors (Lipinski definition) is 4. The van der Waals surface area contributed by atoms with E-state index in [0.717, 1.165) is 32.7 Å². The first-order chi connectivity index (χ1) is 12.7. The van der Waals surface area contributed by atoms with E-state index in [1.807, 2.05) is 53.4 Å². The van der Waals surface area contributed by atoms with Crippen LogP contribution in [0.5, 0.6) is 5.88 Å². The molecule has 1 amide bonds. The minimum Gasteiger partial charge on any atom is -0.473 e. The Morgan fingerprint density at radius 2 is 1.81 bits per heavy atom. The standard InChI is InChI=1S/C20H18IN3O2/c21-18-8-4-3-7-17(18)20(25)24-11-9-15(10-12-24)26-19-16-6-2-1-5-14(16)13-22-23-19/h1-8,13,15H,9-12H2. The minimum atomic E-state index is 0.0500. The maximum Gasteiger partial charge on any atom is 0.254 e. The first-order valence-electron chi connectivity index (χ1n) is 8.63. The molecule has 1 aliphatic heterocycles. The molecule has 1 aliphatic rings. The first kappa shape index (κ1) is 17.2. The fourth-order valence-electron chi connectivity index (χ4n) is 3.23. The third-order valence-electron chi connectivity index (χ3n) is 4.65. The average Bonchev–Trinajstić information content (AvgIpc) is 2.69. The Morgan fingerprint density at radius 1 is 1.08 bits per heavy atom. The van der Waals surface area contributed by atoms with Crippen molar-refractivity contribution in [3.05, 3.63) is 63.9 Å². The number of rotatable bonds is 3. The summed E-state index contributed by atoms with van der Waals surface area (Å²) in [5, 5.41) is 10.2. The number of nitrogens with zero attached hydrogens (tertiary/aromatic N) is 3. The Hall–Kier alpha value is -2.22. The summed E-state index contributed by atoms with van der Waals surface area (Å²) in [5.41, 5.74) is 0.771. The van der Waals surface area contributed by atoms with Crippen LogP contribution in [-0.4, -0.2) is 40.2 Å². The van der Waals surface area contributed by atoms with Crippen LogP contribution in [0.3, 0.4) is 0 Å². The van der Waals surface area contributed by atoms with Crippen LogP contribution in [0, 0.1) is 3.57 Å². The molecule has 2 heterocycles. The van der Waals surface area contributed by atoms with Gasteiger partial charge < -0.3 is 9.64 Å². The molecule has 3 aromatic rings. The molecule has 0 saturated carbocycles. The highest BCUT2D eigenvalue weighted by Gasteiger charge is 2.26. The van der Waals surface area contributed by atoms with Crippen molar-refractivity contribution in [1.82, 2.24) is 15.1 Å². The molecule has 2 aromatic carbocycles. The largest absolute Gasteiger partial charge is 0.473 e. The fraction of sp³-hybridized carbons (Fsp3) is 0.250. The van der Waals surface area contributed by atoms with Crippen molar-refractivity contribution in [2.45, 2.75) is 18.9 Å². The summed E-state index contributed by atoms with van der Waals surface area (Å²) in [6.45, 7) is 1.37. The maximum absolute atomic E-state index is 12.7. The van der Waals surface area contributed by atoms with Gasteiger partial charge in [0, 0.05) is 40.3 Å². The van der Waals surface area contributed by atoms with E-state index < -0.39 is 0 Å². The van der Waals surface area contributed by atoms with Crippen molar-refractivity contribution in [3.63, 3.8) is 0 Å². The third kappa shape index (κ3) is 3.51. The third-order valence-corrected chi connectivity index (χ3v) is 5.59. The Kier molecular flexibility index (Phi) is 5.01. The smallest absolute Gasteiger partial charge is 0.254 e. The lowest BCUT2D eigenvalue weighted by Crippen LogP contribution is -2.42. The molecule has 26 heavy (non-hydrogen) atoms. The quantitative estimate of drug-likeness (QED) is 0.558. The second-order valence-corrected chi connectivity index (χ2v) is 7.49. The van der Waals surface area contributed by atoms with Crippen LogP contribution in [0.25, 0.3) is 10.8 Å². The van der Waals surface area contributed by atoms with E-state index in [2.05, 4.69) is 32.8 Å². The second-order valence-electron chi connectivity index (χ2n) is 6.33. The van der Waals surface area contributed by atoms with E-state index in [0.29, 0.717) is 19.0 Å². The Labute approximate surface area is 165 Å². The van der Waals surface area contributed by atoms with E-state index in [4.69, 9.17) is 4.74 Å². The molecule has 132 valence electrons. The van der Waals surface area contributed by atoms with Crippen molar-refractivity contribution in [2.24, 2.45) is 0 Å². The lowest BCUT2D eigenvalue weighted by Gasteiger charge is -2.32. The van der Waals surface area contributed by atoms with Gasteiger partial charge in [-0.3, -0.25) is 4.79 Å². The van der Waals surface area contributed by atoms with Gasteiger partial charge in [-0.15, -0.1) is 5.10 Å². The molecule has 0 spiro atoms. The summed E-state index contributed by atoms with van der Waals surface area (Å²) in [6.07, 6.45) is 3.37. The van der Waals surface area contributed by atoms with Gasteiger partial charge in [-0.1, -0.05) is 30.3 Å². The van der Waals surface area contributed by atoms with Crippen molar-refractivity contribution in [3.8, 4) is 5.88 Å². The van der Waals surface area contributed by atoms with Crippen LogP contribution in [0.4, 0.5) is 0 Å². The number of carbonyl (C=O) groups excluding carboxylic acids is 1. The molecule has 5 nitrogen and oxygen atoms in total. The maximum atomic E-state index is 12.7. The topological polar surface area (TPSA) is 55.3 Å². The van der Waals surface area contributed by atoms with Crippen LogP contribution in [0.1, 0.15) is 23.2 Å². The van der Waals surface area contributed by atoms with Gasteiger partial charge in [-0.2, -0.15) is 5.10 Å².